The molecule has 36 heavy (non-hydrogen) atoms. The van der Waals surface area contributed by atoms with Gasteiger partial charge in [-0.2, -0.15) is 0 Å². The molecule has 0 radical (unpaired) electrons. The molecule has 7 nitrogen and oxygen atoms in total. The van der Waals surface area contributed by atoms with Gasteiger partial charge in [0.2, 0.25) is 5.88 Å². The molecule has 3 rings (SSSR count). The third-order valence-corrected chi connectivity index (χ3v) is 5.11. The van der Waals surface area contributed by atoms with Crippen molar-refractivity contribution in [2.75, 3.05) is 18.1 Å². The summed E-state index contributed by atoms with van der Waals surface area (Å²) in [6.45, 7) is 10.9. The van der Waals surface area contributed by atoms with Crippen LogP contribution in [0, 0.1) is 17.1 Å². The predicted octanol–water partition coefficient (Wildman–Crippen LogP) is 6.06. The van der Waals surface area contributed by atoms with Crippen LogP contribution in [-0.2, 0) is 6.54 Å². The molecule has 0 saturated heterocycles. The van der Waals surface area contributed by atoms with Gasteiger partial charge < -0.3 is 24.8 Å². The number of nitrogens with one attached hydrogen (secondary N) is 1. The second kappa shape index (κ2) is 12.2. The van der Waals surface area contributed by atoms with Gasteiger partial charge in [-0.1, -0.05) is 19.9 Å². The minimum Gasteiger partial charge on any atom is -0.494 e. The summed E-state index contributed by atoms with van der Waals surface area (Å²) >= 11 is 0. The maximum Gasteiger partial charge on any atom is 0.213 e. The van der Waals surface area contributed by atoms with E-state index in [9.17, 15) is 0 Å². The molecule has 3 aromatic rings. The number of rotatable bonds is 12. The quantitative estimate of drug-likeness (QED) is 0.235. The Balaban J connectivity index is 2.09. The predicted molar refractivity (Wildman–Crippen MR) is 141 cm³/mol. The molecule has 0 aliphatic heterocycles. The molecule has 0 saturated carbocycles. The molecule has 0 spiro atoms. The van der Waals surface area contributed by atoms with E-state index in [1.54, 1.807) is 41.3 Å². The third-order valence-electron chi connectivity index (χ3n) is 5.11. The van der Waals surface area contributed by atoms with Gasteiger partial charge in [0.15, 0.2) is 11.6 Å². The number of nitrogens with two attached hydrogens (primary N) is 1. The highest BCUT2D eigenvalue weighted by Gasteiger charge is 2.22. The van der Waals surface area contributed by atoms with Crippen molar-refractivity contribution in [1.29, 1.82) is 5.41 Å². The zero-order valence-electron chi connectivity index (χ0n) is 21.5. The maximum atomic E-state index is 15.9. The van der Waals surface area contributed by atoms with Crippen molar-refractivity contribution < 1.29 is 18.6 Å². The Hall–Kier alpha value is -3.81. The van der Waals surface area contributed by atoms with Crippen LogP contribution in [0.4, 0.5) is 15.8 Å². The van der Waals surface area contributed by atoms with Gasteiger partial charge in [0.25, 0.3) is 0 Å². The van der Waals surface area contributed by atoms with Gasteiger partial charge in [0.1, 0.15) is 11.6 Å². The van der Waals surface area contributed by atoms with E-state index in [0.29, 0.717) is 47.7 Å². The fourth-order valence-electron chi connectivity index (χ4n) is 3.52. The topological polar surface area (TPSA) is 93.7 Å². The minimum absolute atomic E-state index is 0.0399. The minimum atomic E-state index is -0.505. The first-order chi connectivity index (χ1) is 17.2. The maximum absolute atomic E-state index is 15.9. The molecule has 192 valence electrons. The number of hydrogen-bond acceptors (Lipinski definition) is 6. The van der Waals surface area contributed by atoms with Crippen molar-refractivity contribution in [3.05, 3.63) is 71.7 Å². The van der Waals surface area contributed by atoms with E-state index < -0.39 is 5.82 Å². The molecule has 0 aliphatic carbocycles. The van der Waals surface area contributed by atoms with Gasteiger partial charge in [-0.05, 0) is 57.0 Å². The molecule has 0 unspecified atom stereocenters. The summed E-state index contributed by atoms with van der Waals surface area (Å²) in [6, 6.07) is 15.8. The van der Waals surface area contributed by atoms with Crippen molar-refractivity contribution in [1.82, 2.24) is 4.98 Å². The summed E-state index contributed by atoms with van der Waals surface area (Å²) in [5.74, 6) is 0.939. The van der Waals surface area contributed by atoms with Crippen molar-refractivity contribution in [3.63, 3.8) is 0 Å². The number of amidine groups is 1. The van der Waals surface area contributed by atoms with Gasteiger partial charge in [-0.15, -0.1) is 0 Å². The van der Waals surface area contributed by atoms with Crippen LogP contribution >= 0.6 is 0 Å². The number of anilines is 2. The summed E-state index contributed by atoms with van der Waals surface area (Å²) in [4.78, 5) is 6.43. The monoisotopic (exact) mass is 494 g/mol. The molecule has 2 aromatic carbocycles. The van der Waals surface area contributed by atoms with E-state index in [2.05, 4.69) is 18.8 Å². The van der Waals surface area contributed by atoms with Crippen molar-refractivity contribution in [2.45, 2.75) is 47.3 Å². The third kappa shape index (κ3) is 7.10. The van der Waals surface area contributed by atoms with Gasteiger partial charge in [-0.3, -0.25) is 5.41 Å². The molecule has 0 atom stereocenters. The van der Waals surface area contributed by atoms with Gasteiger partial charge >= 0.3 is 0 Å². The summed E-state index contributed by atoms with van der Waals surface area (Å²) in [5, 5.41) is 7.70. The van der Waals surface area contributed by atoms with E-state index in [4.69, 9.17) is 25.4 Å². The lowest BCUT2D eigenvalue weighted by atomic mass is 10.1. The Morgan fingerprint density at radius 1 is 1.06 bits per heavy atom. The number of benzene rings is 2. The fraction of sp³-hybridized carbons (Fsp3) is 0.357. The first-order valence-electron chi connectivity index (χ1n) is 12.1. The highest BCUT2D eigenvalue weighted by Crippen LogP contribution is 2.38. The normalized spacial score (nSPS) is 11.0. The van der Waals surface area contributed by atoms with Crippen molar-refractivity contribution in [2.24, 2.45) is 11.7 Å². The first kappa shape index (κ1) is 26.8. The zero-order valence-corrected chi connectivity index (χ0v) is 21.5. The standard InChI is InChI=1S/C28H35FN4O3/c1-6-34-23-14-24(27(29)25(15-23)36-19(4)5)33(22-12-10-20(11-13-22)28(30)31)16-21-8-7-9-26(32-21)35-17-18(2)3/h7-15,18-19H,6,16-17H2,1-5H3,(H3,30,31). The lowest BCUT2D eigenvalue weighted by Gasteiger charge is -2.27. The Morgan fingerprint density at radius 2 is 1.78 bits per heavy atom. The Kier molecular flexibility index (Phi) is 9.11. The van der Waals surface area contributed by atoms with Crippen molar-refractivity contribution in [3.8, 4) is 17.4 Å². The highest BCUT2D eigenvalue weighted by atomic mass is 19.1. The Bertz CT molecular complexity index is 1170. The average molecular weight is 495 g/mol. The molecule has 1 aromatic heterocycles. The van der Waals surface area contributed by atoms with Crippen LogP contribution in [-0.4, -0.2) is 30.1 Å². The van der Waals surface area contributed by atoms with Crippen LogP contribution in [0.1, 0.15) is 45.9 Å². The van der Waals surface area contributed by atoms with E-state index in [-0.39, 0.29) is 29.9 Å². The van der Waals surface area contributed by atoms with E-state index in [1.165, 1.54) is 0 Å². The molecule has 0 amide bonds. The molecule has 8 heteroatoms. The number of nitrogens with zero attached hydrogens (tertiary/aromatic N) is 2. The summed E-state index contributed by atoms with van der Waals surface area (Å²) in [6.07, 6.45) is -0.219. The Morgan fingerprint density at radius 3 is 2.39 bits per heavy atom. The van der Waals surface area contributed by atoms with Gasteiger partial charge in [-0.25, -0.2) is 9.37 Å². The average Bonchev–Trinajstić information content (AvgIpc) is 2.83. The number of ether oxygens (including phenoxy) is 3. The molecule has 0 aliphatic rings. The van der Waals surface area contributed by atoms with Gasteiger partial charge in [0, 0.05) is 29.4 Å². The molecular formula is C28H35FN4O3. The lowest BCUT2D eigenvalue weighted by Crippen LogP contribution is -2.20. The van der Waals surface area contributed by atoms with Crippen LogP contribution < -0.4 is 24.8 Å². The van der Waals surface area contributed by atoms with Crippen LogP contribution in [0.15, 0.2) is 54.6 Å². The lowest BCUT2D eigenvalue weighted by molar-refractivity contribution is 0.229. The van der Waals surface area contributed by atoms with Crippen LogP contribution in [0.3, 0.4) is 0 Å². The van der Waals surface area contributed by atoms with Crippen LogP contribution in [0.25, 0.3) is 0 Å². The van der Waals surface area contributed by atoms with Crippen LogP contribution in [0.2, 0.25) is 0 Å². The second-order valence-electron chi connectivity index (χ2n) is 9.07. The largest absolute Gasteiger partial charge is 0.494 e. The number of halogens is 1. The van der Waals surface area contributed by atoms with Gasteiger partial charge in [0.05, 0.1) is 37.2 Å². The van der Waals surface area contributed by atoms with E-state index in [1.807, 2.05) is 39.0 Å². The van der Waals surface area contributed by atoms with E-state index in [0.717, 1.165) is 0 Å². The van der Waals surface area contributed by atoms with Crippen molar-refractivity contribution >= 4 is 17.2 Å². The van der Waals surface area contributed by atoms with E-state index >= 15 is 4.39 Å². The van der Waals surface area contributed by atoms with Crippen LogP contribution in [0.5, 0.6) is 17.4 Å². The summed E-state index contributed by atoms with van der Waals surface area (Å²) in [7, 11) is 0. The first-order valence-corrected chi connectivity index (χ1v) is 12.1. The number of pyridine rings is 1. The Labute approximate surface area is 212 Å². The number of aromatic nitrogens is 1. The highest BCUT2D eigenvalue weighted by molar-refractivity contribution is 5.95. The number of hydrogen-bond donors (Lipinski definition) is 2. The molecule has 3 N–H and O–H groups in total. The summed E-state index contributed by atoms with van der Waals surface area (Å²) in [5.41, 5.74) is 7.88. The molecule has 0 bridgehead atoms. The summed E-state index contributed by atoms with van der Waals surface area (Å²) < 4.78 is 33.2. The SMILES string of the molecule is CCOc1cc(OC(C)C)c(F)c(N(Cc2cccc(OCC(C)C)n2)c2ccc(C(=N)N)cc2)c1. The molecular weight excluding hydrogens is 459 g/mol. The number of nitrogen functional groups attached to an aromatic ring is 1. The molecule has 0 fully saturated rings. The smallest absolute Gasteiger partial charge is 0.213 e. The second-order valence-corrected chi connectivity index (χ2v) is 9.07. The zero-order chi connectivity index (χ0) is 26.2. The fourth-order valence-corrected chi connectivity index (χ4v) is 3.52. The molecule has 1 heterocycles.